The highest BCUT2D eigenvalue weighted by molar-refractivity contribution is 4.57. The maximum atomic E-state index is 8.78. The summed E-state index contributed by atoms with van der Waals surface area (Å²) in [7, 11) is 0. The lowest BCUT2D eigenvalue weighted by Gasteiger charge is -2.15. The van der Waals surface area contributed by atoms with E-state index < -0.39 is 0 Å². The Morgan fingerprint density at radius 2 is 2.18 bits per heavy atom. The van der Waals surface area contributed by atoms with Gasteiger partial charge < -0.3 is 20.7 Å². The van der Waals surface area contributed by atoms with E-state index in [0.717, 1.165) is 19.4 Å². The second-order valence-electron chi connectivity index (χ2n) is 2.38. The van der Waals surface area contributed by atoms with Crippen molar-refractivity contribution >= 4 is 0 Å². The molecule has 1 atom stereocenters. The molecule has 0 aromatic heterocycles. The Kier molecular flexibility index (Phi) is 7.83. The Morgan fingerprint density at radius 3 is 2.36 bits per heavy atom. The van der Waals surface area contributed by atoms with E-state index in [-0.39, 0.29) is 12.7 Å². The van der Waals surface area contributed by atoms with E-state index in [1.54, 1.807) is 0 Å². The molecule has 0 saturated carbocycles. The predicted molar refractivity (Wildman–Crippen MR) is 42.2 cm³/mol. The molecule has 1 aliphatic rings. The minimum atomic E-state index is -0.186. The molecule has 11 heavy (non-hydrogen) atoms. The first-order chi connectivity index (χ1) is 5.31. The molecule has 0 bridgehead atoms. The van der Waals surface area contributed by atoms with E-state index in [0.29, 0.717) is 13.2 Å². The first kappa shape index (κ1) is 10.8. The molecule has 0 aromatic carbocycles. The van der Waals surface area contributed by atoms with Gasteiger partial charge in [0.05, 0.1) is 19.3 Å². The summed E-state index contributed by atoms with van der Waals surface area (Å²) >= 11 is 0. The molecule has 4 nitrogen and oxygen atoms in total. The topological polar surface area (TPSA) is 75.7 Å². The summed E-state index contributed by atoms with van der Waals surface area (Å²) < 4.78 is 4.93. The van der Waals surface area contributed by atoms with Gasteiger partial charge in [0.25, 0.3) is 0 Å². The normalized spacial score (nSPS) is 23.7. The second-order valence-corrected chi connectivity index (χ2v) is 2.38. The van der Waals surface area contributed by atoms with Crippen LogP contribution in [-0.4, -0.2) is 42.7 Å². The van der Waals surface area contributed by atoms with Gasteiger partial charge in [-0.15, -0.1) is 0 Å². The third-order valence-corrected chi connectivity index (χ3v) is 1.27. The number of aliphatic hydroxyl groups is 2. The molecule has 4 heteroatoms. The summed E-state index contributed by atoms with van der Waals surface area (Å²) in [6, 6.07) is 0. The molecule has 0 aromatic rings. The zero-order valence-electron chi connectivity index (χ0n) is 6.70. The van der Waals surface area contributed by atoms with E-state index in [9.17, 15) is 0 Å². The lowest BCUT2D eigenvalue weighted by atomic mass is 10.2. The Labute approximate surface area is 67.0 Å². The zero-order chi connectivity index (χ0) is 8.53. The molecule has 0 amide bonds. The van der Waals surface area contributed by atoms with Crippen molar-refractivity contribution in [3.05, 3.63) is 0 Å². The first-order valence-corrected chi connectivity index (χ1v) is 3.88. The number of hydrogen-bond acceptors (Lipinski definition) is 4. The van der Waals surface area contributed by atoms with Crippen LogP contribution in [0.2, 0.25) is 0 Å². The number of ether oxygens (including phenoxy) is 1. The quantitative estimate of drug-likeness (QED) is 0.468. The molecule has 0 spiro atoms. The fourth-order valence-electron chi connectivity index (χ4n) is 0.724. The van der Waals surface area contributed by atoms with Crippen LogP contribution in [-0.2, 0) is 4.74 Å². The van der Waals surface area contributed by atoms with E-state index in [4.69, 9.17) is 20.7 Å². The van der Waals surface area contributed by atoms with Crippen molar-refractivity contribution in [3.8, 4) is 0 Å². The van der Waals surface area contributed by atoms with Gasteiger partial charge >= 0.3 is 0 Å². The van der Waals surface area contributed by atoms with Gasteiger partial charge in [-0.2, -0.15) is 0 Å². The van der Waals surface area contributed by atoms with Gasteiger partial charge in [0.2, 0.25) is 0 Å². The number of aliphatic hydroxyl groups excluding tert-OH is 2. The maximum absolute atomic E-state index is 8.78. The fraction of sp³-hybridized carbons (Fsp3) is 1.00. The molecule has 1 fully saturated rings. The van der Waals surface area contributed by atoms with Crippen LogP contribution in [0.25, 0.3) is 0 Å². The highest BCUT2D eigenvalue weighted by Gasteiger charge is 2.07. The molecular formula is C7H17NO3. The van der Waals surface area contributed by atoms with Crippen molar-refractivity contribution in [1.82, 2.24) is 0 Å². The summed E-state index contributed by atoms with van der Waals surface area (Å²) in [6.07, 6.45) is 1.75. The Morgan fingerprint density at radius 1 is 1.55 bits per heavy atom. The van der Waals surface area contributed by atoms with Crippen molar-refractivity contribution in [3.63, 3.8) is 0 Å². The molecular weight excluding hydrogens is 146 g/mol. The van der Waals surface area contributed by atoms with Gasteiger partial charge in [0, 0.05) is 13.2 Å². The van der Waals surface area contributed by atoms with Crippen molar-refractivity contribution in [1.29, 1.82) is 0 Å². The highest BCUT2D eigenvalue weighted by atomic mass is 16.5. The Bertz CT molecular complexity index is 72.1. The standard InChI is InChI=1S/C5H10O2.C2H7NO/c6-5-2-1-3-7-4-5;3-1-2-4/h5-6H,1-4H2;4H,1-3H2. The summed E-state index contributed by atoms with van der Waals surface area (Å²) in [5, 5.41) is 16.5. The Hall–Kier alpha value is -0.160. The van der Waals surface area contributed by atoms with E-state index in [1.807, 2.05) is 0 Å². The van der Waals surface area contributed by atoms with Gasteiger partial charge in [0.15, 0.2) is 0 Å². The highest BCUT2D eigenvalue weighted by Crippen LogP contribution is 2.03. The summed E-state index contributed by atoms with van der Waals surface area (Å²) in [4.78, 5) is 0. The van der Waals surface area contributed by atoms with E-state index >= 15 is 0 Å². The third-order valence-electron chi connectivity index (χ3n) is 1.27. The molecule has 0 aliphatic carbocycles. The molecule has 1 saturated heterocycles. The lowest BCUT2D eigenvalue weighted by Crippen LogP contribution is -2.21. The first-order valence-electron chi connectivity index (χ1n) is 3.88. The largest absolute Gasteiger partial charge is 0.395 e. The zero-order valence-corrected chi connectivity index (χ0v) is 6.70. The number of nitrogens with two attached hydrogens (primary N) is 1. The average Bonchev–Trinajstić information content (AvgIpc) is 2.07. The van der Waals surface area contributed by atoms with E-state index in [1.165, 1.54) is 0 Å². The van der Waals surface area contributed by atoms with Gasteiger partial charge in [0.1, 0.15) is 0 Å². The molecule has 68 valence electrons. The minimum Gasteiger partial charge on any atom is -0.395 e. The second kappa shape index (κ2) is 7.94. The SMILES string of the molecule is NCCO.OC1CCCOC1. The predicted octanol–water partition coefficient (Wildman–Crippen LogP) is -0.905. The van der Waals surface area contributed by atoms with Crippen LogP contribution in [0.5, 0.6) is 0 Å². The minimum absolute atomic E-state index is 0.0972. The summed E-state index contributed by atoms with van der Waals surface area (Å²) in [5.74, 6) is 0. The fourth-order valence-corrected chi connectivity index (χ4v) is 0.724. The van der Waals surface area contributed by atoms with Crippen LogP contribution in [0.1, 0.15) is 12.8 Å². The lowest BCUT2D eigenvalue weighted by molar-refractivity contribution is -0.00535. The molecule has 0 radical (unpaired) electrons. The average molecular weight is 163 g/mol. The van der Waals surface area contributed by atoms with Crippen molar-refractivity contribution < 1.29 is 14.9 Å². The summed E-state index contributed by atoms with van der Waals surface area (Å²) in [5.41, 5.74) is 4.78. The van der Waals surface area contributed by atoms with Crippen molar-refractivity contribution in [2.75, 3.05) is 26.4 Å². The van der Waals surface area contributed by atoms with Crippen LogP contribution in [0.3, 0.4) is 0 Å². The van der Waals surface area contributed by atoms with Gasteiger partial charge in [-0.25, -0.2) is 0 Å². The monoisotopic (exact) mass is 163 g/mol. The smallest absolute Gasteiger partial charge is 0.0774 e. The number of rotatable bonds is 1. The van der Waals surface area contributed by atoms with Crippen LogP contribution in [0.4, 0.5) is 0 Å². The molecule has 1 aliphatic heterocycles. The van der Waals surface area contributed by atoms with Crippen molar-refractivity contribution in [2.24, 2.45) is 5.73 Å². The number of hydrogen-bond donors (Lipinski definition) is 3. The third kappa shape index (κ3) is 7.74. The van der Waals surface area contributed by atoms with Crippen molar-refractivity contribution in [2.45, 2.75) is 18.9 Å². The molecule has 1 unspecified atom stereocenters. The van der Waals surface area contributed by atoms with E-state index in [2.05, 4.69) is 0 Å². The van der Waals surface area contributed by atoms with Gasteiger partial charge in [-0.05, 0) is 12.8 Å². The van der Waals surface area contributed by atoms with Gasteiger partial charge in [-0.1, -0.05) is 0 Å². The van der Waals surface area contributed by atoms with Crippen LogP contribution in [0, 0.1) is 0 Å². The van der Waals surface area contributed by atoms with Crippen LogP contribution in [0.15, 0.2) is 0 Å². The Balaban J connectivity index is 0.000000218. The molecule has 1 rings (SSSR count). The van der Waals surface area contributed by atoms with Crippen LogP contribution < -0.4 is 5.73 Å². The van der Waals surface area contributed by atoms with Gasteiger partial charge in [-0.3, -0.25) is 0 Å². The maximum Gasteiger partial charge on any atom is 0.0774 e. The van der Waals surface area contributed by atoms with Crippen LogP contribution >= 0.6 is 0 Å². The molecule has 4 N–H and O–H groups in total. The summed E-state index contributed by atoms with van der Waals surface area (Å²) in [6.45, 7) is 1.84. The molecule has 1 heterocycles.